The highest BCUT2D eigenvalue weighted by Gasteiger charge is 2.49. The molecule has 1 aliphatic carbocycles. The largest absolute Gasteiger partial charge is 0.466 e. The van der Waals surface area contributed by atoms with Gasteiger partial charge in [-0.05, 0) is 24.7 Å². The zero-order chi connectivity index (χ0) is 10.9. The molecular weight excluding hydrogens is 180 g/mol. The number of ether oxygens (including phenoxy) is 1. The predicted molar refractivity (Wildman–Crippen MR) is 53.7 cm³/mol. The Bertz CT molecular complexity index is 223. The van der Waals surface area contributed by atoms with Crippen LogP contribution in [0.15, 0.2) is 0 Å². The Labute approximate surface area is 85.5 Å². The van der Waals surface area contributed by atoms with Crippen LogP contribution >= 0.6 is 0 Å². The molecule has 3 heteroatoms. The van der Waals surface area contributed by atoms with Crippen LogP contribution in [-0.2, 0) is 9.53 Å². The van der Waals surface area contributed by atoms with E-state index in [0.29, 0.717) is 13.0 Å². The molecular formula is C11H20O3. The van der Waals surface area contributed by atoms with Crippen LogP contribution in [0.3, 0.4) is 0 Å². The molecule has 1 aliphatic rings. The van der Waals surface area contributed by atoms with Crippen LogP contribution in [0, 0.1) is 17.3 Å². The minimum Gasteiger partial charge on any atom is -0.466 e. The summed E-state index contributed by atoms with van der Waals surface area (Å²) in [6.07, 6.45) is 0.159. The van der Waals surface area contributed by atoms with Gasteiger partial charge in [-0.25, -0.2) is 0 Å². The Morgan fingerprint density at radius 2 is 2.14 bits per heavy atom. The number of hydrogen-bond donors (Lipinski definition) is 1. The maximum Gasteiger partial charge on any atom is 0.309 e. The number of aliphatic hydroxyl groups is 1. The van der Waals surface area contributed by atoms with Gasteiger partial charge in [-0.3, -0.25) is 4.79 Å². The third kappa shape index (κ3) is 1.78. The summed E-state index contributed by atoms with van der Waals surface area (Å²) >= 11 is 0. The Morgan fingerprint density at radius 3 is 2.50 bits per heavy atom. The molecule has 0 unspecified atom stereocenters. The van der Waals surface area contributed by atoms with Crippen LogP contribution in [0.2, 0.25) is 0 Å². The molecule has 0 saturated heterocycles. The fourth-order valence-corrected chi connectivity index (χ4v) is 2.21. The van der Waals surface area contributed by atoms with Crippen LogP contribution in [0.1, 0.15) is 34.1 Å². The number of esters is 1. The molecule has 1 fully saturated rings. The lowest BCUT2D eigenvalue weighted by atomic mass is 9.76. The number of carbonyl (C=O) groups excluding carboxylic acids is 1. The summed E-state index contributed by atoms with van der Waals surface area (Å²) in [5.41, 5.74) is -0.161. The summed E-state index contributed by atoms with van der Waals surface area (Å²) in [7, 11) is 0. The second-order valence-corrected chi connectivity index (χ2v) is 4.72. The zero-order valence-electron chi connectivity index (χ0n) is 9.41. The Kier molecular flexibility index (Phi) is 3.20. The molecule has 3 nitrogen and oxygen atoms in total. The highest BCUT2D eigenvalue weighted by Crippen LogP contribution is 2.47. The summed E-state index contributed by atoms with van der Waals surface area (Å²) in [6.45, 7) is 8.25. The second-order valence-electron chi connectivity index (χ2n) is 4.72. The molecule has 0 radical (unpaired) electrons. The van der Waals surface area contributed by atoms with Crippen molar-refractivity contribution in [2.24, 2.45) is 17.3 Å². The summed E-state index contributed by atoms with van der Waals surface area (Å²) in [6, 6.07) is 0. The van der Waals surface area contributed by atoms with Gasteiger partial charge < -0.3 is 9.84 Å². The highest BCUT2D eigenvalue weighted by molar-refractivity contribution is 5.74. The molecule has 82 valence electrons. The number of rotatable bonds is 2. The molecule has 14 heavy (non-hydrogen) atoms. The van der Waals surface area contributed by atoms with Crippen molar-refractivity contribution in [3.8, 4) is 0 Å². The minimum atomic E-state index is -0.376. The molecule has 1 saturated carbocycles. The Balaban J connectivity index is 2.76. The van der Waals surface area contributed by atoms with Crippen molar-refractivity contribution in [3.05, 3.63) is 0 Å². The lowest BCUT2D eigenvalue weighted by molar-refractivity contribution is -0.151. The summed E-state index contributed by atoms with van der Waals surface area (Å²) in [5, 5.41) is 9.71. The fraction of sp³-hybridized carbons (Fsp3) is 0.909. The van der Waals surface area contributed by atoms with E-state index in [4.69, 9.17) is 4.74 Å². The minimum absolute atomic E-state index is 0.150. The monoisotopic (exact) mass is 200 g/mol. The molecule has 3 atom stereocenters. The summed E-state index contributed by atoms with van der Waals surface area (Å²) < 4.78 is 5.01. The topological polar surface area (TPSA) is 46.5 Å². The maximum absolute atomic E-state index is 11.6. The molecule has 0 spiro atoms. The van der Waals surface area contributed by atoms with E-state index in [1.165, 1.54) is 0 Å². The molecule has 1 rings (SSSR count). The third-order valence-electron chi connectivity index (χ3n) is 3.70. The Hall–Kier alpha value is -0.570. The normalized spacial score (nSPS) is 35.6. The van der Waals surface area contributed by atoms with E-state index in [0.717, 1.165) is 0 Å². The standard InChI is InChI=1S/C11H20O3/c1-5-14-10(13)8-6-9(12)7(2)11(8,3)4/h7-9,12H,5-6H2,1-4H3/t7-,8+,9+/m1/s1. The van der Waals surface area contributed by atoms with Crippen molar-refractivity contribution in [3.63, 3.8) is 0 Å². The first-order chi connectivity index (χ1) is 6.41. The molecule has 0 bridgehead atoms. The van der Waals surface area contributed by atoms with Gasteiger partial charge in [0.2, 0.25) is 0 Å². The molecule has 0 heterocycles. The molecule has 0 aliphatic heterocycles. The zero-order valence-corrected chi connectivity index (χ0v) is 9.41. The number of carbonyl (C=O) groups is 1. The van der Waals surface area contributed by atoms with Crippen LogP contribution < -0.4 is 0 Å². The second kappa shape index (κ2) is 3.89. The van der Waals surface area contributed by atoms with Crippen molar-refractivity contribution >= 4 is 5.97 Å². The van der Waals surface area contributed by atoms with E-state index in [1.807, 2.05) is 20.8 Å². The highest BCUT2D eigenvalue weighted by atomic mass is 16.5. The lowest BCUT2D eigenvalue weighted by Crippen LogP contribution is -2.31. The molecule has 0 aromatic carbocycles. The molecule has 0 amide bonds. The third-order valence-corrected chi connectivity index (χ3v) is 3.70. The van der Waals surface area contributed by atoms with E-state index < -0.39 is 0 Å². The molecule has 0 aromatic heterocycles. The average molecular weight is 200 g/mol. The lowest BCUT2D eigenvalue weighted by Gasteiger charge is -2.29. The first-order valence-corrected chi connectivity index (χ1v) is 5.26. The van der Waals surface area contributed by atoms with E-state index in [2.05, 4.69) is 0 Å². The number of aliphatic hydroxyl groups excluding tert-OH is 1. The van der Waals surface area contributed by atoms with Crippen LogP contribution in [0.4, 0.5) is 0 Å². The van der Waals surface area contributed by atoms with Gasteiger partial charge >= 0.3 is 5.97 Å². The summed E-state index contributed by atoms with van der Waals surface area (Å²) in [4.78, 5) is 11.6. The first-order valence-electron chi connectivity index (χ1n) is 5.26. The van der Waals surface area contributed by atoms with Gasteiger partial charge in [0.25, 0.3) is 0 Å². The quantitative estimate of drug-likeness (QED) is 0.689. The van der Waals surface area contributed by atoms with E-state index in [1.54, 1.807) is 6.92 Å². The SMILES string of the molecule is CCOC(=O)[C@@H]1C[C@H](O)[C@@H](C)C1(C)C. The van der Waals surface area contributed by atoms with Gasteiger partial charge in [0.05, 0.1) is 18.6 Å². The van der Waals surface area contributed by atoms with Gasteiger partial charge in [-0.2, -0.15) is 0 Å². The molecule has 0 aromatic rings. The Morgan fingerprint density at radius 1 is 1.57 bits per heavy atom. The first kappa shape index (κ1) is 11.5. The van der Waals surface area contributed by atoms with Gasteiger partial charge in [-0.15, -0.1) is 0 Å². The van der Waals surface area contributed by atoms with Crippen LogP contribution in [-0.4, -0.2) is 23.8 Å². The van der Waals surface area contributed by atoms with Gasteiger partial charge in [0, 0.05) is 0 Å². The van der Waals surface area contributed by atoms with Crippen LogP contribution in [0.25, 0.3) is 0 Å². The van der Waals surface area contributed by atoms with E-state index >= 15 is 0 Å². The van der Waals surface area contributed by atoms with Gasteiger partial charge in [0.1, 0.15) is 0 Å². The fourth-order valence-electron chi connectivity index (χ4n) is 2.21. The van der Waals surface area contributed by atoms with Gasteiger partial charge in [0.15, 0.2) is 0 Å². The van der Waals surface area contributed by atoms with Crippen LogP contribution in [0.5, 0.6) is 0 Å². The van der Waals surface area contributed by atoms with Crippen molar-refractivity contribution in [2.75, 3.05) is 6.61 Å². The predicted octanol–water partition coefficient (Wildman–Crippen LogP) is 1.59. The average Bonchev–Trinajstić information content (AvgIpc) is 2.30. The number of hydrogen-bond acceptors (Lipinski definition) is 3. The van der Waals surface area contributed by atoms with Crippen molar-refractivity contribution in [2.45, 2.75) is 40.2 Å². The maximum atomic E-state index is 11.6. The van der Waals surface area contributed by atoms with Gasteiger partial charge in [-0.1, -0.05) is 20.8 Å². The van der Waals surface area contributed by atoms with Crippen molar-refractivity contribution < 1.29 is 14.6 Å². The van der Waals surface area contributed by atoms with Crippen molar-refractivity contribution in [1.29, 1.82) is 0 Å². The van der Waals surface area contributed by atoms with Crippen molar-refractivity contribution in [1.82, 2.24) is 0 Å². The van der Waals surface area contributed by atoms with E-state index in [-0.39, 0.29) is 29.3 Å². The van der Waals surface area contributed by atoms with E-state index in [9.17, 15) is 9.90 Å². The molecule has 1 N–H and O–H groups in total. The summed E-state index contributed by atoms with van der Waals surface area (Å²) in [5.74, 6) is -0.176. The smallest absolute Gasteiger partial charge is 0.309 e.